The van der Waals surface area contributed by atoms with Gasteiger partial charge in [-0.3, -0.25) is 0 Å². The molecule has 2 fully saturated rings. The van der Waals surface area contributed by atoms with E-state index in [0.29, 0.717) is 0 Å². The van der Waals surface area contributed by atoms with Gasteiger partial charge in [0.2, 0.25) is 0 Å². The summed E-state index contributed by atoms with van der Waals surface area (Å²) in [6, 6.07) is 6.39. The Hall–Kier alpha value is -0.830. The van der Waals surface area contributed by atoms with Crippen molar-refractivity contribution in [1.29, 1.82) is 0 Å². The monoisotopic (exact) mass is 372 g/mol. The van der Waals surface area contributed by atoms with E-state index in [4.69, 9.17) is 11.6 Å². The van der Waals surface area contributed by atoms with E-state index >= 15 is 0 Å². The van der Waals surface area contributed by atoms with E-state index in [9.17, 15) is 0 Å². The molecule has 142 valence electrons. The van der Waals surface area contributed by atoms with Crippen molar-refractivity contribution >= 4 is 17.2 Å². The van der Waals surface area contributed by atoms with Crippen molar-refractivity contribution < 1.29 is 0 Å². The van der Waals surface area contributed by atoms with E-state index in [2.05, 4.69) is 28.5 Å². The Kier molecular flexibility index (Phi) is 5.73. The van der Waals surface area contributed by atoms with Crippen LogP contribution in [0.4, 0.5) is 0 Å². The summed E-state index contributed by atoms with van der Waals surface area (Å²) in [6.45, 7) is 12.3. The summed E-state index contributed by atoms with van der Waals surface area (Å²) < 4.78 is 0. The van der Waals surface area contributed by atoms with Gasteiger partial charge in [-0.2, -0.15) is 0 Å². The molecule has 0 saturated carbocycles. The minimum absolute atomic E-state index is 0.289. The van der Waals surface area contributed by atoms with Gasteiger partial charge in [-0.1, -0.05) is 24.2 Å². The summed E-state index contributed by atoms with van der Waals surface area (Å²) in [6.07, 6.45) is 10.5. The van der Waals surface area contributed by atoms with Crippen LogP contribution >= 0.6 is 11.6 Å². The lowest BCUT2D eigenvalue weighted by atomic mass is 9.75. The van der Waals surface area contributed by atoms with Crippen molar-refractivity contribution in [2.75, 3.05) is 39.3 Å². The molecule has 1 aromatic carbocycles. The van der Waals surface area contributed by atoms with Crippen LogP contribution in [0.5, 0.6) is 0 Å². The Labute approximate surface area is 164 Å². The molecule has 2 heterocycles. The van der Waals surface area contributed by atoms with Gasteiger partial charge >= 0.3 is 0 Å². The highest BCUT2D eigenvalue weighted by molar-refractivity contribution is 6.30. The Bertz CT molecular complexity index is 650. The minimum Gasteiger partial charge on any atom is -0.303 e. The molecule has 2 aliphatic heterocycles. The van der Waals surface area contributed by atoms with Crippen LogP contribution in [0, 0.1) is 5.41 Å². The van der Waals surface area contributed by atoms with Gasteiger partial charge in [-0.25, -0.2) is 0 Å². The van der Waals surface area contributed by atoms with E-state index < -0.39 is 0 Å². The van der Waals surface area contributed by atoms with Crippen molar-refractivity contribution in [3.8, 4) is 0 Å². The molecule has 26 heavy (non-hydrogen) atoms. The zero-order valence-electron chi connectivity index (χ0n) is 16.1. The summed E-state index contributed by atoms with van der Waals surface area (Å²) in [7, 11) is 0. The van der Waals surface area contributed by atoms with E-state index in [1.807, 2.05) is 6.07 Å². The third-order valence-electron chi connectivity index (χ3n) is 7.00. The number of allylic oxidation sites excluding steroid dienone is 1. The summed E-state index contributed by atoms with van der Waals surface area (Å²) >= 11 is 6.24. The molecule has 0 bridgehead atoms. The molecule has 1 spiro atoms. The zero-order chi connectivity index (χ0) is 18.0. The maximum absolute atomic E-state index is 6.24. The Morgan fingerprint density at radius 1 is 0.923 bits per heavy atom. The molecule has 1 atom stereocenters. The Morgan fingerprint density at radius 3 is 2.38 bits per heavy atom. The SMILES string of the molecule is C=C1c2cc(Cl)ccc2CC12CCCN(CCCCN1CCCC1)CC2. The van der Waals surface area contributed by atoms with Crippen molar-refractivity contribution in [3.63, 3.8) is 0 Å². The zero-order valence-corrected chi connectivity index (χ0v) is 16.9. The number of rotatable bonds is 5. The summed E-state index contributed by atoms with van der Waals surface area (Å²) in [5.41, 5.74) is 4.43. The predicted octanol–water partition coefficient (Wildman–Crippen LogP) is 5.26. The maximum atomic E-state index is 6.24. The fraction of sp³-hybridized carbons (Fsp3) is 0.652. The molecule has 3 aliphatic rings. The van der Waals surface area contributed by atoms with Crippen LogP contribution in [-0.4, -0.2) is 49.1 Å². The van der Waals surface area contributed by atoms with Crippen LogP contribution in [0.2, 0.25) is 5.02 Å². The average Bonchev–Trinajstić information content (AvgIpc) is 3.18. The molecule has 3 heteroatoms. The van der Waals surface area contributed by atoms with Crippen LogP contribution in [-0.2, 0) is 6.42 Å². The highest BCUT2D eigenvalue weighted by Gasteiger charge is 2.41. The molecule has 1 unspecified atom stereocenters. The number of hydrogen-bond acceptors (Lipinski definition) is 2. The number of nitrogens with zero attached hydrogens (tertiary/aromatic N) is 2. The average molecular weight is 373 g/mol. The van der Waals surface area contributed by atoms with Gasteiger partial charge in [0.25, 0.3) is 0 Å². The lowest BCUT2D eigenvalue weighted by molar-refractivity contribution is 0.256. The lowest BCUT2D eigenvalue weighted by Gasteiger charge is -2.29. The molecule has 4 rings (SSSR count). The second kappa shape index (κ2) is 8.04. The standard InChI is InChI=1S/C23H33ClN2/c1-19-22-17-21(24)8-7-20(22)18-23(19)9-6-15-26(16-10-23)14-5-4-13-25-11-2-3-12-25/h7-8,17H,1-6,9-16,18H2. The highest BCUT2D eigenvalue weighted by Crippen LogP contribution is 2.52. The number of unbranched alkanes of at least 4 members (excludes halogenated alkanes) is 1. The molecular weight excluding hydrogens is 340 g/mol. The van der Waals surface area contributed by atoms with Crippen molar-refractivity contribution in [1.82, 2.24) is 9.80 Å². The molecule has 1 aromatic rings. The summed E-state index contributed by atoms with van der Waals surface area (Å²) in [5.74, 6) is 0. The van der Waals surface area contributed by atoms with E-state index in [1.165, 1.54) is 107 Å². The summed E-state index contributed by atoms with van der Waals surface area (Å²) in [5, 5.41) is 0.843. The normalized spacial score (nSPS) is 27.2. The number of halogens is 1. The summed E-state index contributed by atoms with van der Waals surface area (Å²) in [4.78, 5) is 5.35. The molecule has 0 N–H and O–H groups in total. The maximum Gasteiger partial charge on any atom is 0.0412 e. The van der Waals surface area contributed by atoms with Gasteiger partial charge in [0, 0.05) is 10.4 Å². The number of likely N-dealkylation sites (tertiary alicyclic amines) is 2. The first-order chi connectivity index (χ1) is 12.7. The van der Waals surface area contributed by atoms with Gasteiger partial charge in [-0.05, 0) is 119 Å². The molecule has 1 aliphatic carbocycles. The van der Waals surface area contributed by atoms with Crippen LogP contribution in [0.1, 0.15) is 56.1 Å². The second-order valence-electron chi connectivity index (χ2n) is 8.69. The first-order valence-electron chi connectivity index (χ1n) is 10.6. The largest absolute Gasteiger partial charge is 0.303 e. The molecule has 0 aromatic heterocycles. The minimum atomic E-state index is 0.289. The van der Waals surface area contributed by atoms with E-state index in [0.717, 1.165) is 5.02 Å². The third-order valence-corrected chi connectivity index (χ3v) is 7.23. The number of benzene rings is 1. The van der Waals surface area contributed by atoms with Gasteiger partial charge < -0.3 is 9.80 Å². The van der Waals surface area contributed by atoms with Crippen molar-refractivity contribution in [3.05, 3.63) is 40.9 Å². The topological polar surface area (TPSA) is 6.48 Å². The quantitative estimate of drug-likeness (QED) is 0.650. The molecule has 2 saturated heterocycles. The third kappa shape index (κ3) is 3.88. The first kappa shape index (κ1) is 18.5. The van der Waals surface area contributed by atoms with Crippen LogP contribution in [0.3, 0.4) is 0 Å². The van der Waals surface area contributed by atoms with E-state index in [1.54, 1.807) is 0 Å². The number of fused-ring (bicyclic) bond motifs is 1. The fourth-order valence-electron chi connectivity index (χ4n) is 5.37. The van der Waals surface area contributed by atoms with Crippen molar-refractivity contribution in [2.24, 2.45) is 5.41 Å². The van der Waals surface area contributed by atoms with Gasteiger partial charge in [-0.15, -0.1) is 0 Å². The number of hydrogen-bond donors (Lipinski definition) is 0. The van der Waals surface area contributed by atoms with Crippen LogP contribution in [0.15, 0.2) is 24.8 Å². The molecule has 0 amide bonds. The molecular formula is C23H33ClN2. The van der Waals surface area contributed by atoms with Gasteiger partial charge in [0.05, 0.1) is 0 Å². The molecule has 2 nitrogen and oxygen atoms in total. The Morgan fingerprint density at radius 2 is 1.62 bits per heavy atom. The van der Waals surface area contributed by atoms with Crippen molar-refractivity contribution in [2.45, 2.75) is 51.4 Å². The lowest BCUT2D eigenvalue weighted by Crippen LogP contribution is -2.28. The van der Waals surface area contributed by atoms with Gasteiger partial charge in [0.1, 0.15) is 0 Å². The van der Waals surface area contributed by atoms with Crippen LogP contribution in [0.25, 0.3) is 5.57 Å². The highest BCUT2D eigenvalue weighted by atomic mass is 35.5. The van der Waals surface area contributed by atoms with Crippen LogP contribution < -0.4 is 0 Å². The fourth-order valence-corrected chi connectivity index (χ4v) is 5.54. The van der Waals surface area contributed by atoms with Gasteiger partial charge in [0.15, 0.2) is 0 Å². The predicted molar refractivity (Wildman–Crippen MR) is 112 cm³/mol. The Balaban J connectivity index is 1.29. The first-order valence-corrected chi connectivity index (χ1v) is 11.0. The van der Waals surface area contributed by atoms with E-state index in [-0.39, 0.29) is 5.41 Å². The second-order valence-corrected chi connectivity index (χ2v) is 9.12. The molecule has 0 radical (unpaired) electrons. The smallest absolute Gasteiger partial charge is 0.0412 e.